The normalized spacial score (nSPS) is 23.9. The lowest BCUT2D eigenvalue weighted by atomic mass is 9.96. The Labute approximate surface area is 175 Å². The van der Waals surface area contributed by atoms with E-state index in [2.05, 4.69) is 20.3 Å². The van der Waals surface area contributed by atoms with Crippen molar-refractivity contribution in [2.75, 3.05) is 6.54 Å². The summed E-state index contributed by atoms with van der Waals surface area (Å²) in [5, 5.41) is 6.33. The van der Waals surface area contributed by atoms with Crippen LogP contribution in [-0.4, -0.2) is 37.4 Å². The van der Waals surface area contributed by atoms with Crippen LogP contribution in [0.3, 0.4) is 0 Å². The smallest absolute Gasteiger partial charge is 0.322 e. The molecule has 30 heavy (non-hydrogen) atoms. The zero-order valence-corrected chi connectivity index (χ0v) is 17.3. The van der Waals surface area contributed by atoms with Crippen molar-refractivity contribution in [1.82, 2.24) is 20.3 Å². The Morgan fingerprint density at radius 3 is 2.90 bits per heavy atom. The highest BCUT2D eigenvalue weighted by atomic mass is 32.2. The number of nitrogens with one attached hydrogen (secondary N) is 3. The number of hydrogen-bond acceptors (Lipinski definition) is 7. The molecule has 3 amide bonds. The van der Waals surface area contributed by atoms with Gasteiger partial charge >= 0.3 is 6.03 Å². The van der Waals surface area contributed by atoms with Gasteiger partial charge in [-0.15, -0.1) is 0 Å². The Balaban J connectivity index is 1.27. The van der Waals surface area contributed by atoms with Crippen molar-refractivity contribution in [3.8, 4) is 10.8 Å². The van der Waals surface area contributed by atoms with E-state index in [1.54, 1.807) is 0 Å². The molecule has 2 unspecified atom stereocenters. The topological polar surface area (TPSA) is 130 Å². The van der Waals surface area contributed by atoms with Crippen LogP contribution >= 0.6 is 11.3 Å². The lowest BCUT2D eigenvalue weighted by Crippen LogP contribution is -2.44. The molecule has 1 aliphatic heterocycles. The van der Waals surface area contributed by atoms with Gasteiger partial charge in [0.25, 0.3) is 15.9 Å². The predicted molar refractivity (Wildman–Crippen MR) is 109 cm³/mol. The molecule has 1 saturated carbocycles. The van der Waals surface area contributed by atoms with Gasteiger partial charge in [0.15, 0.2) is 15.0 Å². The number of hydrogen-bond donors (Lipinski definition) is 3. The Hall–Kier alpha value is -2.76. The fourth-order valence-electron chi connectivity index (χ4n) is 4.05. The van der Waals surface area contributed by atoms with Crippen molar-refractivity contribution in [2.24, 2.45) is 5.92 Å². The maximum Gasteiger partial charge on any atom is 0.322 e. The third kappa shape index (κ3) is 3.28. The van der Waals surface area contributed by atoms with Gasteiger partial charge in [-0.1, -0.05) is 29.5 Å². The van der Waals surface area contributed by atoms with Crippen molar-refractivity contribution in [3.05, 3.63) is 36.5 Å². The minimum absolute atomic E-state index is 0.0494. The van der Waals surface area contributed by atoms with Crippen LogP contribution in [0.1, 0.15) is 19.3 Å². The van der Waals surface area contributed by atoms with Gasteiger partial charge in [0.1, 0.15) is 11.1 Å². The number of aromatic nitrogens is 1. The molecule has 2 aromatic heterocycles. The minimum Gasteiger partial charge on any atom is -0.454 e. The molecule has 3 heterocycles. The number of urea groups is 1. The van der Waals surface area contributed by atoms with Crippen molar-refractivity contribution >= 4 is 44.3 Å². The van der Waals surface area contributed by atoms with E-state index >= 15 is 0 Å². The second-order valence-electron chi connectivity index (χ2n) is 7.58. The molecule has 0 bridgehead atoms. The molecular formula is C19H18N4O5S2. The highest BCUT2D eigenvalue weighted by molar-refractivity contribution is 7.91. The number of imide groups is 1. The highest BCUT2D eigenvalue weighted by Gasteiger charge is 2.50. The average molecular weight is 447 g/mol. The Kier molecular flexibility index (Phi) is 4.42. The summed E-state index contributed by atoms with van der Waals surface area (Å²) in [5.41, 5.74) is -0.199. The maximum absolute atomic E-state index is 12.7. The van der Waals surface area contributed by atoms with Gasteiger partial charge in [0.2, 0.25) is 0 Å². The molecule has 1 saturated heterocycles. The quantitative estimate of drug-likeness (QED) is 0.515. The standard InChI is InChI=1S/C19H18N4O5S2/c24-17-19(23-18(25)22-17)6-5-11(8-19)9-21-30(26,27)15-10-20-16(29-15)14-7-12-3-1-2-4-13(12)28-14/h1-4,7,10-11,21H,5-6,8-9H2,(H2,22,23,24,25). The minimum atomic E-state index is -3.75. The van der Waals surface area contributed by atoms with E-state index in [0.29, 0.717) is 35.6 Å². The van der Waals surface area contributed by atoms with E-state index in [1.807, 2.05) is 30.3 Å². The molecule has 3 N–H and O–H groups in total. The van der Waals surface area contributed by atoms with Crippen molar-refractivity contribution < 1.29 is 22.4 Å². The second kappa shape index (κ2) is 6.89. The molecule has 2 atom stereocenters. The first kappa shape index (κ1) is 19.2. The van der Waals surface area contributed by atoms with Crippen molar-refractivity contribution in [3.63, 3.8) is 0 Å². The number of furan rings is 1. The molecule has 9 nitrogen and oxygen atoms in total. The summed E-state index contributed by atoms with van der Waals surface area (Å²) in [7, 11) is -3.75. The van der Waals surface area contributed by atoms with Gasteiger partial charge < -0.3 is 9.73 Å². The molecule has 3 aromatic rings. The van der Waals surface area contributed by atoms with Crippen LogP contribution in [-0.2, 0) is 14.8 Å². The summed E-state index contributed by atoms with van der Waals surface area (Å²) >= 11 is 1.03. The average Bonchev–Trinajstić information content (AvgIpc) is 3.47. The second-order valence-corrected chi connectivity index (χ2v) is 10.6. The number of thiazole rings is 1. The Morgan fingerprint density at radius 1 is 1.30 bits per heavy atom. The molecule has 5 rings (SSSR count). The van der Waals surface area contributed by atoms with Gasteiger partial charge in [-0.05, 0) is 37.3 Å². The lowest BCUT2D eigenvalue weighted by molar-refractivity contribution is -0.123. The van der Waals surface area contributed by atoms with Crippen LogP contribution < -0.4 is 15.4 Å². The van der Waals surface area contributed by atoms with Gasteiger partial charge in [0.05, 0.1) is 6.20 Å². The number of benzene rings is 1. The molecule has 1 spiro atoms. The van der Waals surface area contributed by atoms with Crippen LogP contribution in [0.2, 0.25) is 0 Å². The fraction of sp³-hybridized carbons (Fsp3) is 0.316. The fourth-order valence-corrected chi connectivity index (χ4v) is 6.30. The summed E-state index contributed by atoms with van der Waals surface area (Å²) in [6, 6.07) is 8.85. The first-order valence-electron chi connectivity index (χ1n) is 9.43. The lowest BCUT2D eigenvalue weighted by Gasteiger charge is -2.19. The van der Waals surface area contributed by atoms with E-state index in [9.17, 15) is 18.0 Å². The largest absolute Gasteiger partial charge is 0.454 e. The van der Waals surface area contributed by atoms with Crippen LogP contribution in [0.25, 0.3) is 21.7 Å². The predicted octanol–water partition coefficient (Wildman–Crippen LogP) is 2.21. The monoisotopic (exact) mass is 446 g/mol. The summed E-state index contributed by atoms with van der Waals surface area (Å²) in [5.74, 6) is 0.130. The van der Waals surface area contributed by atoms with Gasteiger partial charge in [-0.25, -0.2) is 22.9 Å². The molecule has 1 aromatic carbocycles. The number of rotatable bonds is 5. The zero-order valence-electron chi connectivity index (χ0n) is 15.7. The maximum atomic E-state index is 12.7. The molecular weight excluding hydrogens is 428 g/mol. The SMILES string of the molecule is O=C1NC(=O)C2(CCC(CNS(=O)(=O)c3cnc(-c4cc5ccccc5o4)s3)C2)N1. The van der Waals surface area contributed by atoms with Crippen molar-refractivity contribution in [2.45, 2.75) is 29.0 Å². The number of para-hydroxylation sites is 1. The Morgan fingerprint density at radius 2 is 2.13 bits per heavy atom. The van der Waals surface area contributed by atoms with Crippen LogP contribution in [0.15, 0.2) is 45.2 Å². The van der Waals surface area contributed by atoms with Gasteiger partial charge in [-0.3, -0.25) is 10.1 Å². The number of nitrogens with zero attached hydrogens (tertiary/aromatic N) is 1. The van der Waals surface area contributed by atoms with Gasteiger partial charge in [-0.2, -0.15) is 0 Å². The van der Waals surface area contributed by atoms with Gasteiger partial charge in [0, 0.05) is 11.9 Å². The van der Waals surface area contributed by atoms with Crippen LogP contribution in [0.4, 0.5) is 4.79 Å². The zero-order chi connectivity index (χ0) is 20.9. The van der Waals surface area contributed by atoms with Crippen molar-refractivity contribution in [1.29, 1.82) is 0 Å². The molecule has 156 valence electrons. The van der Waals surface area contributed by atoms with Crippen LogP contribution in [0.5, 0.6) is 0 Å². The number of carbonyl (C=O) groups is 2. The summed E-state index contributed by atoms with van der Waals surface area (Å²) in [6.45, 7) is 0.186. The number of carbonyl (C=O) groups excluding carboxylic acids is 2. The molecule has 0 radical (unpaired) electrons. The Bertz CT molecular complexity index is 1230. The molecule has 2 aliphatic rings. The number of sulfonamides is 1. The molecule has 11 heteroatoms. The number of fused-ring (bicyclic) bond motifs is 1. The molecule has 1 aliphatic carbocycles. The molecule has 2 fully saturated rings. The van der Waals surface area contributed by atoms with E-state index in [1.165, 1.54) is 6.20 Å². The van der Waals surface area contributed by atoms with Crippen LogP contribution in [0, 0.1) is 5.92 Å². The summed E-state index contributed by atoms with van der Waals surface area (Å²) < 4.78 is 33.9. The number of amides is 3. The van der Waals surface area contributed by atoms with E-state index in [-0.39, 0.29) is 22.6 Å². The highest BCUT2D eigenvalue weighted by Crippen LogP contribution is 2.37. The summed E-state index contributed by atoms with van der Waals surface area (Å²) in [4.78, 5) is 27.7. The first-order chi connectivity index (χ1) is 14.3. The first-order valence-corrected chi connectivity index (χ1v) is 11.7. The van der Waals surface area contributed by atoms with E-state index < -0.39 is 21.6 Å². The summed E-state index contributed by atoms with van der Waals surface area (Å²) in [6.07, 6.45) is 2.85. The third-order valence-corrected chi connectivity index (χ3v) is 8.48. The van der Waals surface area contributed by atoms with E-state index in [0.717, 1.165) is 16.7 Å². The van der Waals surface area contributed by atoms with E-state index in [4.69, 9.17) is 4.42 Å². The third-order valence-electron chi connectivity index (χ3n) is 5.58.